The molecule has 4 nitrogen and oxygen atoms in total. The van der Waals surface area contributed by atoms with Crippen molar-refractivity contribution in [2.45, 2.75) is 32.2 Å². The second-order valence-corrected chi connectivity index (χ2v) is 17.0. The molecular formula is C54H44N4. The molecule has 0 saturated carbocycles. The van der Waals surface area contributed by atoms with Crippen LogP contribution in [0.5, 0.6) is 0 Å². The molecule has 1 aliphatic heterocycles. The van der Waals surface area contributed by atoms with E-state index in [4.69, 9.17) is 15.0 Å². The molecule has 0 fully saturated rings. The maximum atomic E-state index is 5.87. The van der Waals surface area contributed by atoms with Gasteiger partial charge in [0.05, 0.1) is 28.2 Å². The molecule has 0 amide bonds. The van der Waals surface area contributed by atoms with E-state index in [1.165, 1.54) is 27.7 Å². The molecule has 4 aromatic carbocycles. The lowest BCUT2D eigenvalue weighted by Crippen LogP contribution is -2.47. The highest BCUT2D eigenvalue weighted by molar-refractivity contribution is 6.22. The molecule has 5 aliphatic rings. The minimum absolute atomic E-state index is 0.0440. The van der Waals surface area contributed by atoms with Crippen LogP contribution in [0, 0.1) is 22.7 Å². The third-order valence-electron chi connectivity index (χ3n) is 13.4. The first-order chi connectivity index (χ1) is 28.3. The van der Waals surface area contributed by atoms with Gasteiger partial charge in [0.2, 0.25) is 0 Å². The minimum Gasteiger partial charge on any atom is -0.312 e. The molecule has 6 aromatic rings. The topological polar surface area (TPSA) is 43.1 Å². The van der Waals surface area contributed by atoms with Gasteiger partial charge in [-0.25, -0.2) is 9.97 Å². The van der Waals surface area contributed by atoms with Gasteiger partial charge in [0, 0.05) is 55.8 Å². The number of benzene rings is 4. The van der Waals surface area contributed by atoms with E-state index >= 15 is 0 Å². The van der Waals surface area contributed by atoms with Crippen LogP contribution in [0.25, 0.3) is 50.5 Å². The van der Waals surface area contributed by atoms with Crippen LogP contribution in [0.2, 0.25) is 0 Å². The quantitative estimate of drug-likeness (QED) is 0.176. The lowest BCUT2D eigenvalue weighted by atomic mass is 9.51. The highest BCUT2D eigenvalue weighted by atomic mass is 15.0. The summed E-state index contributed by atoms with van der Waals surface area (Å²) in [5.74, 6) is 1.42. The summed E-state index contributed by atoms with van der Waals surface area (Å²) >= 11 is 0. The van der Waals surface area contributed by atoms with Gasteiger partial charge in [-0.2, -0.15) is 0 Å². The molecule has 0 saturated heterocycles. The number of allylic oxidation sites excluding steroid dienone is 12. The average Bonchev–Trinajstić information content (AvgIpc) is 3.61. The molecule has 3 heterocycles. The lowest BCUT2D eigenvalue weighted by molar-refractivity contribution is 0.192. The smallest absolute Gasteiger partial charge is 0.160 e. The van der Waals surface area contributed by atoms with Gasteiger partial charge in [0.1, 0.15) is 0 Å². The summed E-state index contributed by atoms with van der Waals surface area (Å²) in [6.45, 7) is 7.14. The third kappa shape index (κ3) is 5.24. The molecule has 4 heteroatoms. The number of fused-ring (bicyclic) bond motifs is 8. The van der Waals surface area contributed by atoms with E-state index in [0.29, 0.717) is 17.7 Å². The Morgan fingerprint density at radius 2 is 1.19 bits per heavy atom. The van der Waals surface area contributed by atoms with Crippen LogP contribution >= 0.6 is 0 Å². The van der Waals surface area contributed by atoms with Gasteiger partial charge in [0.15, 0.2) is 5.82 Å². The fraction of sp³-hybridized carbons (Fsp3) is 0.167. The monoisotopic (exact) mass is 748 g/mol. The second-order valence-electron chi connectivity index (χ2n) is 17.0. The maximum absolute atomic E-state index is 5.87. The Hall–Kier alpha value is -6.65. The predicted octanol–water partition coefficient (Wildman–Crippen LogP) is 12.6. The van der Waals surface area contributed by atoms with Crippen LogP contribution in [0.15, 0.2) is 205 Å². The first kappa shape index (κ1) is 34.6. The number of aromatic nitrogens is 3. The average molecular weight is 749 g/mol. The largest absolute Gasteiger partial charge is 0.312 e. The molecule has 6 atom stereocenters. The van der Waals surface area contributed by atoms with Gasteiger partial charge in [-0.3, -0.25) is 4.99 Å². The van der Waals surface area contributed by atoms with Crippen molar-refractivity contribution in [2.24, 2.45) is 27.7 Å². The van der Waals surface area contributed by atoms with Crippen molar-refractivity contribution >= 4 is 16.6 Å². The molecular weight excluding hydrogens is 705 g/mol. The first-order valence-electron chi connectivity index (χ1n) is 20.5. The first-order valence-corrected chi connectivity index (χ1v) is 20.5. The number of para-hydroxylation sites is 1. The Bertz CT molecular complexity index is 2820. The summed E-state index contributed by atoms with van der Waals surface area (Å²) in [6, 6.07) is 40.6. The molecule has 2 aromatic heterocycles. The van der Waals surface area contributed by atoms with Crippen molar-refractivity contribution in [3.8, 4) is 39.6 Å². The van der Waals surface area contributed by atoms with E-state index in [2.05, 4.69) is 195 Å². The molecule has 0 spiro atoms. The maximum Gasteiger partial charge on any atom is 0.160 e. The van der Waals surface area contributed by atoms with Crippen LogP contribution in [-0.2, 0) is 0 Å². The van der Waals surface area contributed by atoms with E-state index in [9.17, 15) is 0 Å². The number of hydrogen-bond donors (Lipinski definition) is 0. The minimum atomic E-state index is -0.466. The van der Waals surface area contributed by atoms with E-state index in [1.54, 1.807) is 0 Å². The summed E-state index contributed by atoms with van der Waals surface area (Å²) in [5.41, 5.74) is 11.3. The van der Waals surface area contributed by atoms with Crippen molar-refractivity contribution in [1.29, 1.82) is 0 Å². The van der Waals surface area contributed by atoms with Crippen molar-refractivity contribution in [2.75, 3.05) is 0 Å². The van der Waals surface area contributed by atoms with Gasteiger partial charge in [0.25, 0.3) is 0 Å². The molecule has 6 unspecified atom stereocenters. The fourth-order valence-corrected chi connectivity index (χ4v) is 10.3. The van der Waals surface area contributed by atoms with Gasteiger partial charge in [-0.15, -0.1) is 0 Å². The highest BCUT2D eigenvalue weighted by Gasteiger charge is 2.53. The third-order valence-corrected chi connectivity index (χ3v) is 13.4. The summed E-state index contributed by atoms with van der Waals surface area (Å²) in [5, 5.41) is 1.23. The lowest BCUT2D eigenvalue weighted by Gasteiger charge is -2.52. The van der Waals surface area contributed by atoms with Crippen LogP contribution in [0.3, 0.4) is 0 Å². The van der Waals surface area contributed by atoms with Gasteiger partial charge in [-0.05, 0) is 48.6 Å². The Morgan fingerprint density at radius 3 is 1.95 bits per heavy atom. The summed E-state index contributed by atoms with van der Waals surface area (Å²) in [6.07, 6.45) is 30.2. The predicted molar refractivity (Wildman–Crippen MR) is 239 cm³/mol. The Kier molecular flexibility index (Phi) is 7.72. The molecule has 4 aliphatic carbocycles. The van der Waals surface area contributed by atoms with Gasteiger partial charge >= 0.3 is 0 Å². The summed E-state index contributed by atoms with van der Waals surface area (Å²) < 4.78 is 2.51. The highest BCUT2D eigenvalue weighted by Crippen LogP contribution is 2.59. The Labute approximate surface area is 340 Å². The van der Waals surface area contributed by atoms with E-state index in [1.807, 2.05) is 24.3 Å². The van der Waals surface area contributed by atoms with Crippen molar-refractivity contribution in [3.05, 3.63) is 211 Å². The van der Waals surface area contributed by atoms with Crippen LogP contribution in [0.4, 0.5) is 0 Å². The molecule has 280 valence electrons. The molecule has 0 radical (unpaired) electrons. The standard InChI is InChI=1S/C54H44N4/c1-52-31-15-12-23-41(52)42-24-13-16-32-53(42,2)44(35-52)49-48-40-22-10-11-26-47(40)58(50(48)43-25-14-17-33-54(43,3)57-49)39-29-27-37(28-30-39)46-34-45(36-18-6-4-7-19-36)55-51(56-46)38-20-8-5-9-21-38/h4-35,41-43H,1-3H3. The number of nitrogens with zero attached hydrogens (tertiary/aromatic N) is 4. The molecule has 0 bridgehead atoms. The number of aliphatic imine (C=N–C) groups is 1. The zero-order valence-electron chi connectivity index (χ0n) is 33.0. The Balaban J connectivity index is 1.10. The van der Waals surface area contributed by atoms with Gasteiger partial charge < -0.3 is 4.57 Å². The zero-order chi connectivity index (χ0) is 39.1. The number of hydrogen-bond acceptors (Lipinski definition) is 3. The van der Waals surface area contributed by atoms with Crippen molar-refractivity contribution in [1.82, 2.24) is 14.5 Å². The normalized spacial score (nSPS) is 27.4. The van der Waals surface area contributed by atoms with Crippen LogP contribution in [-0.4, -0.2) is 25.8 Å². The van der Waals surface area contributed by atoms with Crippen LogP contribution in [0.1, 0.15) is 37.9 Å². The SMILES string of the molecule is CC12C=CC=CC1C1C=CC=CC1(C)C(C1=NC3(C)C=CC=CC3c3c1c1ccccc1n3-c1ccc(-c3cc(-c4ccccc4)nc(-c4ccccc4)n3)cc1)=C2. The molecule has 0 N–H and O–H groups in total. The van der Waals surface area contributed by atoms with E-state index in [-0.39, 0.29) is 16.7 Å². The fourth-order valence-electron chi connectivity index (χ4n) is 10.3. The van der Waals surface area contributed by atoms with Crippen LogP contribution < -0.4 is 0 Å². The zero-order valence-corrected chi connectivity index (χ0v) is 33.0. The summed E-state index contributed by atoms with van der Waals surface area (Å²) in [7, 11) is 0. The van der Waals surface area contributed by atoms with Crippen molar-refractivity contribution in [3.63, 3.8) is 0 Å². The second kappa shape index (κ2) is 12.9. The Morgan fingerprint density at radius 1 is 0.569 bits per heavy atom. The van der Waals surface area contributed by atoms with E-state index in [0.717, 1.165) is 39.5 Å². The molecule has 58 heavy (non-hydrogen) atoms. The summed E-state index contributed by atoms with van der Waals surface area (Å²) in [4.78, 5) is 16.0. The number of rotatable bonds is 5. The van der Waals surface area contributed by atoms with Crippen molar-refractivity contribution < 1.29 is 0 Å². The van der Waals surface area contributed by atoms with E-state index < -0.39 is 5.54 Å². The van der Waals surface area contributed by atoms with Gasteiger partial charge in [-0.1, -0.05) is 184 Å². The molecule has 11 rings (SSSR count).